The largest absolute Gasteiger partial charge is 0.481 e. The van der Waals surface area contributed by atoms with Crippen LogP contribution in [0.25, 0.3) is 0 Å². The molecule has 1 aliphatic rings. The van der Waals surface area contributed by atoms with Crippen molar-refractivity contribution in [3.05, 3.63) is 12.2 Å². The fraction of sp³-hybridized carbons (Fsp3) is 0.556. The smallest absolute Gasteiger partial charge is 0.300 e. The average molecular weight is 220 g/mol. The summed E-state index contributed by atoms with van der Waals surface area (Å²) >= 11 is 0. The van der Waals surface area contributed by atoms with Crippen molar-refractivity contribution in [1.29, 1.82) is 0 Å². The molecule has 0 saturated heterocycles. The first-order valence-electron chi connectivity index (χ1n) is 4.19. The molecule has 2 atom stereocenters. The second-order valence-electron chi connectivity index (χ2n) is 2.76. The summed E-state index contributed by atoms with van der Waals surface area (Å²) in [5.41, 5.74) is 0. The summed E-state index contributed by atoms with van der Waals surface area (Å²) in [6.07, 6.45) is 2.82. The fourth-order valence-corrected chi connectivity index (χ4v) is 0.625. The van der Waals surface area contributed by atoms with Crippen molar-refractivity contribution in [2.45, 2.75) is 32.5 Å². The number of hydrogen-bond acceptors (Lipinski definition) is 4. The zero-order valence-corrected chi connectivity index (χ0v) is 8.62. The number of aliphatic carboxylic acids is 2. The van der Waals surface area contributed by atoms with Gasteiger partial charge in [0.1, 0.15) is 0 Å². The Morgan fingerprint density at radius 2 is 1.47 bits per heavy atom. The lowest BCUT2D eigenvalue weighted by atomic mass is 10.2. The molecule has 0 aromatic carbocycles. The second kappa shape index (κ2) is 9.17. The van der Waals surface area contributed by atoms with E-state index in [2.05, 4.69) is 0 Å². The fourth-order valence-electron chi connectivity index (χ4n) is 0.625. The van der Waals surface area contributed by atoms with Crippen LogP contribution in [0.1, 0.15) is 20.3 Å². The molecule has 0 fully saturated rings. The summed E-state index contributed by atoms with van der Waals surface area (Å²) in [4.78, 5) is 18.0. The predicted octanol–water partition coefficient (Wildman–Crippen LogP) is -0.150. The van der Waals surface area contributed by atoms with Crippen LogP contribution in [-0.2, 0) is 9.59 Å². The number of aliphatic hydroxyl groups is 2. The molecule has 4 N–H and O–H groups in total. The molecule has 1 aliphatic carbocycles. The number of hydrogen-bond donors (Lipinski definition) is 4. The van der Waals surface area contributed by atoms with E-state index in [1.165, 1.54) is 0 Å². The Labute approximate surface area is 87.5 Å². The highest BCUT2D eigenvalue weighted by Crippen LogP contribution is 2.08. The van der Waals surface area contributed by atoms with Gasteiger partial charge in [-0.25, -0.2) is 0 Å². The monoisotopic (exact) mass is 220 g/mol. The maximum Gasteiger partial charge on any atom is 0.300 e. The summed E-state index contributed by atoms with van der Waals surface area (Å²) in [5, 5.41) is 32.2. The van der Waals surface area contributed by atoms with Gasteiger partial charge in [-0.3, -0.25) is 9.59 Å². The lowest BCUT2D eigenvalue weighted by molar-refractivity contribution is -0.135. The highest BCUT2D eigenvalue weighted by Gasteiger charge is 2.15. The van der Waals surface area contributed by atoms with Crippen LogP contribution in [0, 0.1) is 0 Å². The molecule has 0 amide bonds. The molecule has 0 aliphatic heterocycles. The first-order valence-corrected chi connectivity index (χ1v) is 4.19. The van der Waals surface area contributed by atoms with Gasteiger partial charge in [-0.15, -0.1) is 0 Å². The minimum atomic E-state index is -0.833. The minimum Gasteiger partial charge on any atom is -0.481 e. The van der Waals surface area contributed by atoms with Gasteiger partial charge >= 0.3 is 0 Å². The van der Waals surface area contributed by atoms with E-state index in [9.17, 15) is 0 Å². The third kappa shape index (κ3) is 19.1. The van der Waals surface area contributed by atoms with Gasteiger partial charge in [-0.05, 0) is 6.42 Å². The average Bonchev–Trinajstić information content (AvgIpc) is 2.33. The van der Waals surface area contributed by atoms with E-state index in [0.717, 1.165) is 13.8 Å². The van der Waals surface area contributed by atoms with E-state index in [4.69, 9.17) is 30.0 Å². The maximum atomic E-state index is 9.00. The molecule has 0 saturated carbocycles. The SMILES string of the molecule is CC(=O)O.CC(=O)O.O[C@@H]1C=CC[C@H]1O. The molecule has 0 aromatic heterocycles. The summed E-state index contributed by atoms with van der Waals surface area (Å²) < 4.78 is 0. The van der Waals surface area contributed by atoms with Crippen LogP contribution in [0.5, 0.6) is 0 Å². The standard InChI is InChI=1S/C5H8O2.2C2H4O2/c6-4-2-1-3-5(4)7;2*1-2(3)4/h1-2,4-7H,3H2;2*1H3,(H,3,4)/t4-,5-;;/m1../s1. The van der Waals surface area contributed by atoms with Crippen LogP contribution in [0.15, 0.2) is 12.2 Å². The van der Waals surface area contributed by atoms with Crippen molar-refractivity contribution >= 4 is 11.9 Å². The zero-order valence-electron chi connectivity index (χ0n) is 8.62. The topological polar surface area (TPSA) is 115 Å². The molecule has 0 unspecified atom stereocenters. The van der Waals surface area contributed by atoms with Gasteiger partial charge in [0.05, 0.1) is 12.2 Å². The molecule has 0 heterocycles. The second-order valence-corrected chi connectivity index (χ2v) is 2.76. The Morgan fingerprint density at radius 1 is 1.13 bits per heavy atom. The molecule has 88 valence electrons. The van der Waals surface area contributed by atoms with Crippen molar-refractivity contribution in [2.75, 3.05) is 0 Å². The van der Waals surface area contributed by atoms with Crippen LogP contribution >= 0.6 is 0 Å². The first kappa shape index (κ1) is 16.0. The van der Waals surface area contributed by atoms with Gasteiger partial charge in [-0.1, -0.05) is 12.2 Å². The highest BCUT2D eigenvalue weighted by molar-refractivity contribution is 5.63. The Kier molecular flexibility index (Phi) is 9.81. The molecule has 0 radical (unpaired) electrons. The molecule has 0 bridgehead atoms. The minimum absolute atomic E-state index is 0.542. The molecular formula is C9H16O6. The molecule has 15 heavy (non-hydrogen) atoms. The number of rotatable bonds is 0. The van der Waals surface area contributed by atoms with Crippen LogP contribution in [0.2, 0.25) is 0 Å². The third-order valence-electron chi connectivity index (χ3n) is 1.11. The Hall–Kier alpha value is -1.40. The summed E-state index contributed by atoms with van der Waals surface area (Å²) in [6, 6.07) is 0. The summed E-state index contributed by atoms with van der Waals surface area (Å²) in [7, 11) is 0. The maximum absolute atomic E-state index is 9.00. The molecule has 0 spiro atoms. The van der Waals surface area contributed by atoms with E-state index in [1.807, 2.05) is 0 Å². The van der Waals surface area contributed by atoms with E-state index in [-0.39, 0.29) is 0 Å². The van der Waals surface area contributed by atoms with Gasteiger partial charge in [0, 0.05) is 13.8 Å². The Bertz CT molecular complexity index is 203. The Morgan fingerprint density at radius 3 is 1.53 bits per heavy atom. The van der Waals surface area contributed by atoms with Crippen LogP contribution < -0.4 is 0 Å². The van der Waals surface area contributed by atoms with Crippen molar-refractivity contribution in [3.63, 3.8) is 0 Å². The molecular weight excluding hydrogens is 204 g/mol. The molecule has 6 nitrogen and oxygen atoms in total. The van der Waals surface area contributed by atoms with E-state index < -0.39 is 24.1 Å². The number of carbonyl (C=O) groups is 2. The quantitative estimate of drug-likeness (QED) is 0.422. The normalized spacial score (nSPS) is 21.9. The Balaban J connectivity index is 0. The van der Waals surface area contributed by atoms with Crippen molar-refractivity contribution in [3.8, 4) is 0 Å². The first-order chi connectivity index (χ1) is 6.77. The number of carboxylic acid groups (broad SMARTS) is 2. The highest BCUT2D eigenvalue weighted by atomic mass is 16.4. The van der Waals surface area contributed by atoms with Crippen molar-refractivity contribution in [1.82, 2.24) is 0 Å². The van der Waals surface area contributed by atoms with E-state index in [0.29, 0.717) is 6.42 Å². The van der Waals surface area contributed by atoms with Crippen LogP contribution in [-0.4, -0.2) is 44.6 Å². The van der Waals surface area contributed by atoms with Crippen LogP contribution in [0.4, 0.5) is 0 Å². The molecule has 6 heteroatoms. The number of carboxylic acids is 2. The van der Waals surface area contributed by atoms with Crippen LogP contribution in [0.3, 0.4) is 0 Å². The molecule has 1 rings (SSSR count). The third-order valence-corrected chi connectivity index (χ3v) is 1.11. The number of aliphatic hydroxyl groups excluding tert-OH is 2. The zero-order chi connectivity index (χ0) is 12.4. The van der Waals surface area contributed by atoms with Gasteiger partial charge in [-0.2, -0.15) is 0 Å². The van der Waals surface area contributed by atoms with Crippen molar-refractivity contribution in [2.24, 2.45) is 0 Å². The lowest BCUT2D eigenvalue weighted by Gasteiger charge is -2.03. The lowest BCUT2D eigenvalue weighted by Crippen LogP contribution is -2.17. The summed E-state index contributed by atoms with van der Waals surface area (Å²) in [6.45, 7) is 2.17. The summed E-state index contributed by atoms with van der Waals surface area (Å²) in [5.74, 6) is -1.67. The van der Waals surface area contributed by atoms with Gasteiger partial charge in [0.15, 0.2) is 0 Å². The molecule has 0 aromatic rings. The predicted molar refractivity (Wildman–Crippen MR) is 52.4 cm³/mol. The van der Waals surface area contributed by atoms with Gasteiger partial charge < -0.3 is 20.4 Å². The van der Waals surface area contributed by atoms with Crippen molar-refractivity contribution < 1.29 is 30.0 Å². The van der Waals surface area contributed by atoms with E-state index in [1.54, 1.807) is 12.2 Å². The van der Waals surface area contributed by atoms with E-state index >= 15 is 0 Å². The van der Waals surface area contributed by atoms with Gasteiger partial charge in [0.25, 0.3) is 11.9 Å². The van der Waals surface area contributed by atoms with Gasteiger partial charge in [0.2, 0.25) is 0 Å².